The van der Waals surface area contributed by atoms with Gasteiger partial charge in [0.25, 0.3) is 0 Å². The second-order valence-electron chi connectivity index (χ2n) is 4.73. The molecule has 2 heterocycles. The minimum atomic E-state index is -0.841. The molecule has 7 heteroatoms. The van der Waals surface area contributed by atoms with Crippen LogP contribution in [-0.4, -0.2) is 16.7 Å². The van der Waals surface area contributed by atoms with Crippen LogP contribution in [0.25, 0.3) is 0 Å². The largest absolute Gasteiger partial charge is 0.364 e. The lowest BCUT2D eigenvalue weighted by atomic mass is 10.0. The van der Waals surface area contributed by atoms with Crippen LogP contribution in [0.5, 0.6) is 0 Å². The van der Waals surface area contributed by atoms with Gasteiger partial charge in [-0.1, -0.05) is 5.16 Å². The molecule has 20 heavy (non-hydrogen) atoms. The van der Waals surface area contributed by atoms with Crippen LogP contribution in [0.15, 0.2) is 16.7 Å². The average Bonchev–Trinajstić information content (AvgIpc) is 2.89. The summed E-state index contributed by atoms with van der Waals surface area (Å²) in [7, 11) is 0. The van der Waals surface area contributed by atoms with Gasteiger partial charge in [-0.25, -0.2) is 8.78 Å². The first-order chi connectivity index (χ1) is 9.67. The molecule has 106 valence electrons. The van der Waals surface area contributed by atoms with Gasteiger partial charge in [0.2, 0.25) is 5.89 Å². The van der Waals surface area contributed by atoms with Crippen molar-refractivity contribution in [1.29, 1.82) is 0 Å². The fourth-order valence-corrected chi connectivity index (χ4v) is 2.43. The van der Waals surface area contributed by atoms with Gasteiger partial charge in [-0.2, -0.15) is 4.98 Å². The summed E-state index contributed by atoms with van der Waals surface area (Å²) in [6.07, 6.45) is 1.61. The van der Waals surface area contributed by atoms with Crippen molar-refractivity contribution in [2.75, 3.05) is 11.4 Å². The number of rotatable bonds is 3. The van der Waals surface area contributed by atoms with Gasteiger partial charge >= 0.3 is 0 Å². The first-order valence-corrected chi connectivity index (χ1v) is 6.42. The summed E-state index contributed by atoms with van der Waals surface area (Å²) in [4.78, 5) is 6.05. The Kier molecular flexibility index (Phi) is 3.35. The number of nitrogens with zero attached hydrogens (tertiary/aromatic N) is 3. The fraction of sp³-hybridized carbons (Fsp3) is 0.385. The van der Waals surface area contributed by atoms with E-state index in [0.29, 0.717) is 23.9 Å². The normalized spacial score (nSPS) is 14.4. The highest BCUT2D eigenvalue weighted by molar-refractivity contribution is 5.56. The summed E-state index contributed by atoms with van der Waals surface area (Å²) in [5, 5.41) is 3.82. The predicted octanol–water partition coefficient (Wildman–Crippen LogP) is 1.76. The van der Waals surface area contributed by atoms with E-state index in [0.717, 1.165) is 24.9 Å². The number of benzene rings is 1. The van der Waals surface area contributed by atoms with Crippen LogP contribution < -0.4 is 10.6 Å². The standard InChI is InChI=1S/C13H14F2N4O/c14-9-4-8-2-1-3-19(11(8)5-10(9)15)7-12-17-13(6-16)20-18-12/h4-5H,1-3,6-7,16H2. The van der Waals surface area contributed by atoms with Gasteiger partial charge in [-0.05, 0) is 24.5 Å². The van der Waals surface area contributed by atoms with Crippen molar-refractivity contribution in [2.24, 2.45) is 5.73 Å². The van der Waals surface area contributed by atoms with Crippen LogP contribution in [0.4, 0.5) is 14.5 Å². The summed E-state index contributed by atoms with van der Waals surface area (Å²) < 4.78 is 31.6. The van der Waals surface area contributed by atoms with E-state index in [1.165, 1.54) is 12.1 Å². The Morgan fingerprint density at radius 3 is 2.85 bits per heavy atom. The lowest BCUT2D eigenvalue weighted by Crippen LogP contribution is -2.29. The lowest BCUT2D eigenvalue weighted by Gasteiger charge is -2.30. The maximum Gasteiger partial charge on any atom is 0.240 e. The van der Waals surface area contributed by atoms with Gasteiger partial charge in [-0.15, -0.1) is 0 Å². The van der Waals surface area contributed by atoms with Crippen molar-refractivity contribution in [3.63, 3.8) is 0 Å². The molecule has 0 saturated carbocycles. The third-order valence-corrected chi connectivity index (χ3v) is 3.35. The molecule has 0 saturated heterocycles. The van der Waals surface area contributed by atoms with E-state index in [-0.39, 0.29) is 6.54 Å². The van der Waals surface area contributed by atoms with E-state index in [1.807, 2.05) is 4.90 Å². The molecule has 0 aliphatic carbocycles. The molecule has 0 radical (unpaired) electrons. The molecule has 0 spiro atoms. The number of fused-ring (bicyclic) bond motifs is 1. The van der Waals surface area contributed by atoms with E-state index in [4.69, 9.17) is 10.3 Å². The molecule has 0 bridgehead atoms. The minimum Gasteiger partial charge on any atom is -0.364 e. The van der Waals surface area contributed by atoms with E-state index in [9.17, 15) is 8.78 Å². The number of nitrogens with two attached hydrogens (primary N) is 1. The van der Waals surface area contributed by atoms with E-state index < -0.39 is 11.6 Å². The number of anilines is 1. The molecule has 1 aromatic heterocycles. The zero-order valence-corrected chi connectivity index (χ0v) is 10.8. The highest BCUT2D eigenvalue weighted by atomic mass is 19.2. The summed E-state index contributed by atoms with van der Waals surface area (Å²) >= 11 is 0. The second-order valence-corrected chi connectivity index (χ2v) is 4.73. The molecular formula is C13H14F2N4O. The topological polar surface area (TPSA) is 68.2 Å². The monoisotopic (exact) mass is 280 g/mol. The molecule has 1 aliphatic heterocycles. The highest BCUT2D eigenvalue weighted by Gasteiger charge is 2.21. The molecule has 0 unspecified atom stereocenters. The van der Waals surface area contributed by atoms with Crippen molar-refractivity contribution in [3.05, 3.63) is 41.0 Å². The van der Waals surface area contributed by atoms with E-state index in [2.05, 4.69) is 10.1 Å². The quantitative estimate of drug-likeness (QED) is 0.927. The Bertz CT molecular complexity index is 629. The van der Waals surface area contributed by atoms with Gasteiger partial charge in [0.1, 0.15) is 0 Å². The first-order valence-electron chi connectivity index (χ1n) is 6.42. The third-order valence-electron chi connectivity index (χ3n) is 3.35. The Morgan fingerprint density at radius 2 is 2.10 bits per heavy atom. The average molecular weight is 280 g/mol. The Morgan fingerprint density at radius 1 is 1.30 bits per heavy atom. The maximum atomic E-state index is 13.4. The molecule has 3 rings (SSSR count). The van der Waals surface area contributed by atoms with Crippen molar-refractivity contribution in [3.8, 4) is 0 Å². The SMILES string of the molecule is NCc1nc(CN2CCCc3cc(F)c(F)cc32)no1. The minimum absolute atomic E-state index is 0.184. The third kappa shape index (κ3) is 2.36. The zero-order valence-electron chi connectivity index (χ0n) is 10.8. The van der Waals surface area contributed by atoms with Gasteiger partial charge in [0.15, 0.2) is 17.5 Å². The second kappa shape index (κ2) is 5.16. The molecular weight excluding hydrogens is 266 g/mol. The number of hydrogen-bond donors (Lipinski definition) is 1. The summed E-state index contributed by atoms with van der Waals surface area (Å²) in [5.41, 5.74) is 6.90. The molecule has 5 nitrogen and oxygen atoms in total. The van der Waals surface area contributed by atoms with Crippen LogP contribution in [0.3, 0.4) is 0 Å². The van der Waals surface area contributed by atoms with Crippen LogP contribution in [0.1, 0.15) is 23.7 Å². The smallest absolute Gasteiger partial charge is 0.240 e. The predicted molar refractivity (Wildman–Crippen MR) is 67.9 cm³/mol. The zero-order chi connectivity index (χ0) is 14.1. The van der Waals surface area contributed by atoms with Gasteiger partial charge < -0.3 is 15.2 Å². The van der Waals surface area contributed by atoms with Crippen molar-refractivity contribution >= 4 is 5.69 Å². The van der Waals surface area contributed by atoms with E-state index in [1.54, 1.807) is 0 Å². The molecule has 2 N–H and O–H groups in total. The highest BCUT2D eigenvalue weighted by Crippen LogP contribution is 2.30. The Labute approximate surface area is 114 Å². The molecule has 2 aromatic rings. The summed E-state index contributed by atoms with van der Waals surface area (Å²) in [5.74, 6) is -0.799. The lowest BCUT2D eigenvalue weighted by molar-refractivity contribution is 0.374. The van der Waals surface area contributed by atoms with Crippen LogP contribution in [0.2, 0.25) is 0 Å². The first kappa shape index (κ1) is 13.0. The number of aromatic nitrogens is 2. The molecule has 0 amide bonds. The van der Waals surface area contributed by atoms with Crippen LogP contribution >= 0.6 is 0 Å². The number of aryl methyl sites for hydroxylation is 1. The maximum absolute atomic E-state index is 13.4. The Hall–Kier alpha value is -2.02. The van der Waals surface area contributed by atoms with Gasteiger partial charge in [-0.3, -0.25) is 0 Å². The molecule has 1 aromatic carbocycles. The fourth-order valence-electron chi connectivity index (χ4n) is 2.43. The van der Waals surface area contributed by atoms with Crippen LogP contribution in [0, 0.1) is 11.6 Å². The number of halogens is 2. The summed E-state index contributed by atoms with van der Waals surface area (Å²) in [6, 6.07) is 2.49. The van der Waals surface area contributed by atoms with Crippen LogP contribution in [-0.2, 0) is 19.5 Å². The van der Waals surface area contributed by atoms with Crippen molar-refractivity contribution in [2.45, 2.75) is 25.9 Å². The van der Waals surface area contributed by atoms with E-state index >= 15 is 0 Å². The molecule has 1 aliphatic rings. The van der Waals surface area contributed by atoms with Crippen molar-refractivity contribution in [1.82, 2.24) is 10.1 Å². The van der Waals surface area contributed by atoms with Crippen molar-refractivity contribution < 1.29 is 13.3 Å². The summed E-state index contributed by atoms with van der Waals surface area (Å²) in [6.45, 7) is 1.32. The molecule has 0 fully saturated rings. The number of hydrogen-bond acceptors (Lipinski definition) is 5. The molecule has 0 atom stereocenters. The van der Waals surface area contributed by atoms with Gasteiger partial charge in [0.05, 0.1) is 13.1 Å². The Balaban J connectivity index is 1.87. The van der Waals surface area contributed by atoms with Gasteiger partial charge in [0, 0.05) is 18.3 Å².